The minimum atomic E-state index is -3.12. The second-order valence-corrected chi connectivity index (χ2v) is 10.9. The van der Waals surface area contributed by atoms with Crippen molar-refractivity contribution in [3.8, 4) is 0 Å². The molecule has 0 aliphatic carbocycles. The highest BCUT2D eigenvalue weighted by atomic mass is 32.2. The van der Waals surface area contributed by atoms with Gasteiger partial charge in [0.05, 0.1) is 17.2 Å². The maximum Gasteiger partial charge on any atom is 0.351 e. The summed E-state index contributed by atoms with van der Waals surface area (Å²) >= 11 is 1.14. The molecule has 164 valence electrons. The number of sulfone groups is 1. The summed E-state index contributed by atoms with van der Waals surface area (Å²) in [6, 6.07) is 1.53. The van der Waals surface area contributed by atoms with Crippen molar-refractivity contribution in [2.24, 2.45) is 0 Å². The Morgan fingerprint density at radius 1 is 1.37 bits per heavy atom. The van der Waals surface area contributed by atoms with E-state index in [1.807, 2.05) is 26.8 Å². The van der Waals surface area contributed by atoms with Gasteiger partial charge in [0.1, 0.15) is 9.71 Å². The van der Waals surface area contributed by atoms with Gasteiger partial charge < -0.3 is 15.4 Å². The van der Waals surface area contributed by atoms with Crippen LogP contribution in [0.25, 0.3) is 10.2 Å². The molecule has 1 aliphatic heterocycles. The number of aromatic nitrogens is 1. The monoisotopic (exact) mass is 453 g/mol. The number of hydrogen-bond acceptors (Lipinski definition) is 8. The lowest BCUT2D eigenvalue weighted by atomic mass is 10.1. The first-order valence-electron chi connectivity index (χ1n) is 9.96. The third-order valence-electron chi connectivity index (χ3n) is 5.26. The first-order chi connectivity index (χ1) is 14.1. The van der Waals surface area contributed by atoms with Crippen LogP contribution in [0.3, 0.4) is 0 Å². The number of pyridine rings is 1. The van der Waals surface area contributed by atoms with Gasteiger partial charge >= 0.3 is 5.97 Å². The molecule has 0 aromatic carbocycles. The number of carbonyl (C=O) groups excluding carboxylic acids is 2. The molecule has 1 atom stereocenters. The van der Waals surface area contributed by atoms with Gasteiger partial charge in [-0.05, 0) is 38.3 Å². The van der Waals surface area contributed by atoms with E-state index < -0.39 is 22.4 Å². The second-order valence-electron chi connectivity index (χ2n) is 7.68. The van der Waals surface area contributed by atoms with E-state index in [0.29, 0.717) is 23.5 Å². The lowest BCUT2D eigenvalue weighted by Gasteiger charge is -2.28. The predicted octanol–water partition coefficient (Wildman–Crippen LogP) is 2.47. The van der Waals surface area contributed by atoms with Gasteiger partial charge in [0, 0.05) is 23.7 Å². The largest absolute Gasteiger partial charge is 0.451 e. The van der Waals surface area contributed by atoms with Gasteiger partial charge in [0.15, 0.2) is 16.4 Å². The number of nitrogen functional groups attached to an aromatic ring is 1. The van der Waals surface area contributed by atoms with E-state index in [1.54, 1.807) is 4.90 Å². The summed E-state index contributed by atoms with van der Waals surface area (Å²) in [5, 5.41) is 0.726. The summed E-state index contributed by atoms with van der Waals surface area (Å²) in [7, 11) is -3.12. The molecular weight excluding hydrogens is 426 g/mol. The molecule has 3 heterocycles. The molecule has 1 amide bonds. The standard InChI is InChI=1S/C20H27N3O5S2/c1-4-5-7-23(14-6-8-30(26,27)11-14)15(24)10-28-20(25)18-17(21)16-12(2)9-13(3)22-19(16)29-18/h9,14H,4-8,10-11,21H2,1-3H3. The Labute approximate surface area is 180 Å². The van der Waals surface area contributed by atoms with Gasteiger partial charge in [-0.15, -0.1) is 11.3 Å². The summed E-state index contributed by atoms with van der Waals surface area (Å²) < 4.78 is 28.9. The third kappa shape index (κ3) is 4.75. The van der Waals surface area contributed by atoms with Crippen molar-refractivity contribution in [2.45, 2.75) is 46.1 Å². The Bertz CT molecular complexity index is 1080. The number of fused-ring (bicyclic) bond motifs is 1. The van der Waals surface area contributed by atoms with Gasteiger partial charge in [0.25, 0.3) is 5.91 Å². The van der Waals surface area contributed by atoms with Crippen molar-refractivity contribution >= 4 is 49.0 Å². The fourth-order valence-corrected chi connectivity index (χ4v) is 6.60. The molecule has 8 nitrogen and oxygen atoms in total. The quantitative estimate of drug-likeness (QED) is 0.640. The summed E-state index contributed by atoms with van der Waals surface area (Å²) in [5.74, 6) is -1.01. The van der Waals surface area contributed by atoms with E-state index in [4.69, 9.17) is 10.5 Å². The number of nitrogens with two attached hydrogens (primary N) is 1. The lowest BCUT2D eigenvalue weighted by molar-refractivity contribution is -0.136. The summed E-state index contributed by atoms with van der Waals surface area (Å²) in [4.78, 5) is 32.2. The number of ether oxygens (including phenoxy) is 1. The van der Waals surface area contributed by atoms with Crippen molar-refractivity contribution < 1.29 is 22.7 Å². The number of thiophene rings is 1. The minimum Gasteiger partial charge on any atom is -0.451 e. The molecule has 1 aliphatic rings. The molecule has 1 fully saturated rings. The average Bonchev–Trinajstić information content (AvgIpc) is 3.19. The Kier molecular flexibility index (Phi) is 6.66. The zero-order valence-electron chi connectivity index (χ0n) is 17.4. The molecule has 2 aromatic heterocycles. The summed E-state index contributed by atoms with van der Waals surface area (Å²) in [6.45, 7) is 5.77. The van der Waals surface area contributed by atoms with E-state index in [1.165, 1.54) is 0 Å². The molecule has 0 radical (unpaired) electrons. The Hall–Kier alpha value is -2.20. The van der Waals surface area contributed by atoms with Gasteiger partial charge in [-0.25, -0.2) is 18.2 Å². The number of nitrogens with zero attached hydrogens (tertiary/aromatic N) is 2. The molecule has 30 heavy (non-hydrogen) atoms. The van der Waals surface area contributed by atoms with Crippen LogP contribution < -0.4 is 5.73 Å². The molecule has 2 N–H and O–H groups in total. The first-order valence-corrected chi connectivity index (χ1v) is 12.6. The van der Waals surface area contributed by atoms with Crippen LogP contribution in [-0.4, -0.2) is 60.9 Å². The number of carbonyl (C=O) groups is 2. The molecule has 2 aromatic rings. The van der Waals surface area contributed by atoms with Crippen molar-refractivity contribution in [2.75, 3.05) is 30.4 Å². The van der Waals surface area contributed by atoms with Crippen LogP contribution in [0.15, 0.2) is 6.07 Å². The fraction of sp³-hybridized carbons (Fsp3) is 0.550. The number of unbranched alkanes of at least 4 members (excludes halogenated alkanes) is 1. The van der Waals surface area contributed by atoms with E-state index >= 15 is 0 Å². The van der Waals surface area contributed by atoms with Gasteiger partial charge in [-0.3, -0.25) is 4.79 Å². The SMILES string of the molecule is CCCCN(C(=O)COC(=O)c1sc2nc(C)cc(C)c2c1N)C1CCS(=O)(=O)C1. The molecule has 0 bridgehead atoms. The van der Waals surface area contributed by atoms with Crippen molar-refractivity contribution in [3.05, 3.63) is 22.2 Å². The molecule has 3 rings (SSSR count). The summed E-state index contributed by atoms with van der Waals surface area (Å²) in [6.07, 6.45) is 2.04. The zero-order valence-corrected chi connectivity index (χ0v) is 19.1. The van der Waals surface area contributed by atoms with Crippen LogP contribution in [0, 0.1) is 13.8 Å². The predicted molar refractivity (Wildman–Crippen MR) is 117 cm³/mol. The van der Waals surface area contributed by atoms with Crippen molar-refractivity contribution in [1.82, 2.24) is 9.88 Å². The number of amides is 1. The van der Waals surface area contributed by atoms with Gasteiger partial charge in [0.2, 0.25) is 0 Å². The van der Waals surface area contributed by atoms with E-state index in [2.05, 4.69) is 4.98 Å². The van der Waals surface area contributed by atoms with Crippen LogP contribution >= 0.6 is 11.3 Å². The minimum absolute atomic E-state index is 0.0377. The average molecular weight is 454 g/mol. The highest BCUT2D eigenvalue weighted by molar-refractivity contribution is 7.91. The normalized spacial score (nSPS) is 17.9. The molecule has 0 saturated carbocycles. The molecule has 0 spiro atoms. The van der Waals surface area contributed by atoms with E-state index in [9.17, 15) is 18.0 Å². The second kappa shape index (κ2) is 8.89. The fourth-order valence-electron chi connectivity index (χ4n) is 3.76. The van der Waals surface area contributed by atoms with E-state index in [0.717, 1.165) is 40.8 Å². The highest BCUT2D eigenvalue weighted by Gasteiger charge is 2.34. The first kappa shape index (κ1) is 22.5. The number of hydrogen-bond donors (Lipinski definition) is 1. The number of aryl methyl sites for hydroxylation is 2. The van der Waals surface area contributed by atoms with E-state index in [-0.39, 0.29) is 28.3 Å². The maximum atomic E-state index is 12.8. The van der Waals surface area contributed by atoms with Crippen molar-refractivity contribution in [1.29, 1.82) is 0 Å². The van der Waals surface area contributed by atoms with Gasteiger partial charge in [-0.1, -0.05) is 13.3 Å². The molecule has 1 saturated heterocycles. The number of rotatable bonds is 7. The Morgan fingerprint density at radius 2 is 2.10 bits per heavy atom. The Balaban J connectivity index is 1.72. The number of esters is 1. The summed E-state index contributed by atoms with van der Waals surface area (Å²) in [5.41, 5.74) is 8.22. The lowest BCUT2D eigenvalue weighted by Crippen LogP contribution is -2.43. The van der Waals surface area contributed by atoms with Crippen LogP contribution in [-0.2, 0) is 19.4 Å². The van der Waals surface area contributed by atoms with Crippen LogP contribution in [0.1, 0.15) is 47.1 Å². The molecular formula is C20H27N3O5S2. The van der Waals surface area contributed by atoms with Crippen LogP contribution in [0.5, 0.6) is 0 Å². The highest BCUT2D eigenvalue weighted by Crippen LogP contribution is 2.35. The zero-order chi connectivity index (χ0) is 22.1. The number of anilines is 1. The molecule has 1 unspecified atom stereocenters. The molecule has 10 heteroatoms. The van der Waals surface area contributed by atoms with Crippen LogP contribution in [0.2, 0.25) is 0 Å². The van der Waals surface area contributed by atoms with Crippen LogP contribution in [0.4, 0.5) is 5.69 Å². The topological polar surface area (TPSA) is 120 Å². The van der Waals surface area contributed by atoms with Crippen molar-refractivity contribution in [3.63, 3.8) is 0 Å². The van der Waals surface area contributed by atoms with Gasteiger partial charge in [-0.2, -0.15) is 0 Å². The Morgan fingerprint density at radius 3 is 2.73 bits per heavy atom. The third-order valence-corrected chi connectivity index (χ3v) is 8.09. The maximum absolute atomic E-state index is 12.8. The smallest absolute Gasteiger partial charge is 0.351 e.